The first-order valence-electron chi connectivity index (χ1n) is 8.89. The first-order valence-corrected chi connectivity index (χ1v) is 8.89. The summed E-state index contributed by atoms with van der Waals surface area (Å²) in [6.45, 7) is 0.568. The maximum absolute atomic E-state index is 12.2. The Bertz CT molecular complexity index is 900. The number of rotatable bonds is 7. The number of hydrogen-bond donors (Lipinski definition) is 1. The third-order valence-corrected chi connectivity index (χ3v) is 4.24. The van der Waals surface area contributed by atoms with E-state index in [1.54, 1.807) is 7.11 Å². The predicted octanol–water partition coefficient (Wildman–Crippen LogP) is 4.97. The molecule has 0 aliphatic carbocycles. The number of methoxy groups -OCH3 is 1. The fourth-order valence-corrected chi connectivity index (χ4v) is 2.99. The molecule has 1 atom stereocenters. The molecule has 0 saturated heterocycles. The Morgan fingerprint density at radius 1 is 1.00 bits per heavy atom. The summed E-state index contributed by atoms with van der Waals surface area (Å²) in [7, 11) is 1.62. The Labute approximate surface area is 159 Å². The number of benzene rings is 3. The van der Waals surface area contributed by atoms with Gasteiger partial charge in [0.15, 0.2) is 0 Å². The zero-order chi connectivity index (χ0) is 18.9. The lowest BCUT2D eigenvalue weighted by molar-refractivity contribution is 0.133. The minimum atomic E-state index is -0.470. The van der Waals surface area contributed by atoms with E-state index >= 15 is 0 Å². The molecular formula is C23H23NO3. The molecule has 0 bridgehead atoms. The summed E-state index contributed by atoms with van der Waals surface area (Å²) >= 11 is 0. The van der Waals surface area contributed by atoms with Gasteiger partial charge in [-0.2, -0.15) is 0 Å². The first kappa shape index (κ1) is 18.7. The molecule has 4 heteroatoms. The molecular weight excluding hydrogens is 338 g/mol. The minimum absolute atomic E-state index is 0.204. The van der Waals surface area contributed by atoms with Gasteiger partial charge >= 0.3 is 6.09 Å². The number of nitrogens with one attached hydrogen (secondary N) is 1. The molecule has 0 radical (unpaired) electrons. The van der Waals surface area contributed by atoms with Crippen molar-refractivity contribution in [1.82, 2.24) is 5.32 Å². The van der Waals surface area contributed by atoms with E-state index in [2.05, 4.69) is 17.4 Å². The minimum Gasteiger partial charge on any atom is -0.445 e. The van der Waals surface area contributed by atoms with Gasteiger partial charge in [-0.1, -0.05) is 78.9 Å². The van der Waals surface area contributed by atoms with Crippen LogP contribution in [0.5, 0.6) is 0 Å². The standard InChI is InChI=1S/C23H23NO3/c1-26-17-22(21-15-7-13-19-12-5-6-14-20(19)21)24-23(25)27-16-8-11-18-9-3-2-4-10-18/h2-15,22H,16-17H2,1H3,(H,24,25)/b11-8+. The zero-order valence-electron chi connectivity index (χ0n) is 15.3. The van der Waals surface area contributed by atoms with Crippen molar-refractivity contribution in [2.45, 2.75) is 6.04 Å². The summed E-state index contributed by atoms with van der Waals surface area (Å²) in [5, 5.41) is 5.12. The molecule has 0 fully saturated rings. The van der Waals surface area contributed by atoms with Crippen LogP contribution in [0.3, 0.4) is 0 Å². The summed E-state index contributed by atoms with van der Waals surface area (Å²) < 4.78 is 10.6. The molecule has 0 aliphatic heterocycles. The molecule has 27 heavy (non-hydrogen) atoms. The molecule has 3 aromatic rings. The Balaban J connectivity index is 1.63. The van der Waals surface area contributed by atoms with E-state index in [4.69, 9.17) is 9.47 Å². The van der Waals surface area contributed by atoms with Crippen molar-refractivity contribution in [3.63, 3.8) is 0 Å². The Hall–Kier alpha value is -3.11. The molecule has 0 aromatic heterocycles. The number of carbonyl (C=O) groups excluding carboxylic acids is 1. The molecule has 1 N–H and O–H groups in total. The molecule has 0 saturated carbocycles. The fourth-order valence-electron chi connectivity index (χ4n) is 2.99. The van der Waals surface area contributed by atoms with Crippen LogP contribution in [0.4, 0.5) is 4.79 Å². The van der Waals surface area contributed by atoms with Crippen molar-refractivity contribution in [2.75, 3.05) is 20.3 Å². The van der Waals surface area contributed by atoms with Gasteiger partial charge in [0.2, 0.25) is 0 Å². The maximum atomic E-state index is 12.2. The second kappa shape index (κ2) is 9.55. The summed E-state index contributed by atoms with van der Waals surface area (Å²) in [6.07, 6.45) is 3.27. The molecule has 0 heterocycles. The second-order valence-electron chi connectivity index (χ2n) is 6.13. The van der Waals surface area contributed by atoms with E-state index in [0.29, 0.717) is 6.61 Å². The van der Waals surface area contributed by atoms with Crippen LogP contribution in [-0.4, -0.2) is 26.4 Å². The summed E-state index contributed by atoms with van der Waals surface area (Å²) in [5.41, 5.74) is 2.07. The van der Waals surface area contributed by atoms with Gasteiger partial charge < -0.3 is 14.8 Å². The normalized spacial score (nSPS) is 12.2. The lowest BCUT2D eigenvalue weighted by atomic mass is 9.99. The monoisotopic (exact) mass is 361 g/mol. The van der Waals surface area contributed by atoms with Crippen LogP contribution >= 0.6 is 0 Å². The van der Waals surface area contributed by atoms with Crippen molar-refractivity contribution >= 4 is 22.9 Å². The van der Waals surface area contributed by atoms with Gasteiger partial charge in [0.05, 0.1) is 12.6 Å². The predicted molar refractivity (Wildman–Crippen MR) is 109 cm³/mol. The third kappa shape index (κ3) is 5.19. The number of hydrogen-bond acceptors (Lipinski definition) is 3. The Morgan fingerprint density at radius 2 is 1.74 bits per heavy atom. The summed E-state index contributed by atoms with van der Waals surface area (Å²) in [4.78, 5) is 12.2. The van der Waals surface area contributed by atoms with E-state index in [0.717, 1.165) is 21.9 Å². The van der Waals surface area contributed by atoms with Crippen molar-refractivity contribution in [3.8, 4) is 0 Å². The van der Waals surface area contributed by atoms with Gasteiger partial charge in [0, 0.05) is 7.11 Å². The van der Waals surface area contributed by atoms with Gasteiger partial charge in [-0.25, -0.2) is 4.79 Å². The molecule has 138 valence electrons. The topological polar surface area (TPSA) is 47.6 Å². The van der Waals surface area contributed by atoms with Gasteiger partial charge in [-0.05, 0) is 28.0 Å². The first-order chi connectivity index (χ1) is 13.3. The van der Waals surface area contributed by atoms with Crippen molar-refractivity contribution in [2.24, 2.45) is 0 Å². The number of ether oxygens (including phenoxy) is 2. The van der Waals surface area contributed by atoms with Crippen LogP contribution in [0.15, 0.2) is 78.9 Å². The fraction of sp³-hybridized carbons (Fsp3) is 0.174. The molecule has 3 rings (SSSR count). The number of amides is 1. The van der Waals surface area contributed by atoms with Gasteiger partial charge in [0.1, 0.15) is 6.61 Å². The number of fused-ring (bicyclic) bond motifs is 1. The van der Waals surface area contributed by atoms with Crippen molar-refractivity contribution < 1.29 is 14.3 Å². The molecule has 0 aliphatic rings. The number of alkyl carbamates (subject to hydrolysis) is 1. The Morgan fingerprint density at radius 3 is 2.56 bits per heavy atom. The van der Waals surface area contributed by atoms with Gasteiger partial charge in [0.25, 0.3) is 0 Å². The van der Waals surface area contributed by atoms with Crippen LogP contribution in [0, 0.1) is 0 Å². The average Bonchev–Trinajstić information content (AvgIpc) is 2.71. The van der Waals surface area contributed by atoms with Crippen LogP contribution in [-0.2, 0) is 9.47 Å². The highest BCUT2D eigenvalue weighted by atomic mass is 16.5. The average molecular weight is 361 g/mol. The van der Waals surface area contributed by atoms with Crippen molar-refractivity contribution in [1.29, 1.82) is 0 Å². The van der Waals surface area contributed by atoms with Gasteiger partial charge in [-0.15, -0.1) is 0 Å². The lowest BCUT2D eigenvalue weighted by Gasteiger charge is -2.19. The van der Waals surface area contributed by atoms with Crippen LogP contribution in [0.25, 0.3) is 16.8 Å². The number of carbonyl (C=O) groups is 1. The smallest absolute Gasteiger partial charge is 0.408 e. The zero-order valence-corrected chi connectivity index (χ0v) is 15.3. The van der Waals surface area contributed by atoms with E-state index < -0.39 is 6.09 Å². The van der Waals surface area contributed by atoms with E-state index in [1.807, 2.05) is 72.8 Å². The quantitative estimate of drug-likeness (QED) is 0.646. The van der Waals surface area contributed by atoms with E-state index in [9.17, 15) is 4.79 Å². The molecule has 0 spiro atoms. The third-order valence-electron chi connectivity index (χ3n) is 4.24. The highest BCUT2D eigenvalue weighted by Crippen LogP contribution is 2.24. The largest absolute Gasteiger partial charge is 0.445 e. The summed E-state index contributed by atoms with van der Waals surface area (Å²) in [5.74, 6) is 0. The molecule has 3 aromatic carbocycles. The van der Waals surface area contributed by atoms with Crippen LogP contribution in [0.1, 0.15) is 17.2 Å². The molecule has 1 unspecified atom stereocenters. The van der Waals surface area contributed by atoms with Crippen molar-refractivity contribution in [3.05, 3.63) is 90.0 Å². The van der Waals surface area contributed by atoms with E-state index in [1.165, 1.54) is 0 Å². The SMILES string of the molecule is COCC(NC(=O)OC/C=C/c1ccccc1)c1cccc2ccccc12. The summed E-state index contributed by atoms with van der Waals surface area (Å²) in [6, 6.07) is 23.7. The molecule has 1 amide bonds. The van der Waals surface area contributed by atoms with Crippen LogP contribution < -0.4 is 5.32 Å². The highest BCUT2D eigenvalue weighted by molar-refractivity contribution is 5.86. The van der Waals surface area contributed by atoms with Gasteiger partial charge in [-0.3, -0.25) is 0 Å². The lowest BCUT2D eigenvalue weighted by Crippen LogP contribution is -2.32. The second-order valence-corrected chi connectivity index (χ2v) is 6.13. The van der Waals surface area contributed by atoms with E-state index in [-0.39, 0.29) is 12.6 Å². The highest BCUT2D eigenvalue weighted by Gasteiger charge is 2.17. The van der Waals surface area contributed by atoms with Crippen LogP contribution in [0.2, 0.25) is 0 Å². The Kier molecular flexibility index (Phi) is 6.61. The maximum Gasteiger partial charge on any atom is 0.408 e. The molecule has 4 nitrogen and oxygen atoms in total.